The molecule has 0 unspecified atom stereocenters. The smallest absolute Gasteiger partial charge is 0.231 e. The summed E-state index contributed by atoms with van der Waals surface area (Å²) in [7, 11) is 0. The van der Waals surface area contributed by atoms with Gasteiger partial charge in [-0.2, -0.15) is 0 Å². The molecule has 0 fully saturated rings. The molecule has 1 aromatic heterocycles. The van der Waals surface area contributed by atoms with Gasteiger partial charge in [-0.25, -0.2) is 4.39 Å². The van der Waals surface area contributed by atoms with Crippen molar-refractivity contribution in [2.45, 2.75) is 13.0 Å². The molecule has 5 rings (SSSR count). The van der Waals surface area contributed by atoms with Gasteiger partial charge >= 0.3 is 0 Å². The minimum absolute atomic E-state index is 0.243. The summed E-state index contributed by atoms with van der Waals surface area (Å²) in [5, 5.41) is 4.19. The zero-order chi connectivity index (χ0) is 22.5. The van der Waals surface area contributed by atoms with Gasteiger partial charge in [-0.05, 0) is 48.4 Å². The van der Waals surface area contributed by atoms with E-state index in [2.05, 4.69) is 27.4 Å². The van der Waals surface area contributed by atoms with E-state index in [1.165, 1.54) is 12.1 Å². The fraction of sp³-hybridized carbons (Fsp3) is 0.192. The van der Waals surface area contributed by atoms with Crippen molar-refractivity contribution >= 4 is 5.88 Å². The highest BCUT2D eigenvalue weighted by Gasteiger charge is 2.18. The summed E-state index contributed by atoms with van der Waals surface area (Å²) in [5.41, 5.74) is 2.35. The minimum Gasteiger partial charge on any atom is -0.454 e. The van der Waals surface area contributed by atoms with Crippen molar-refractivity contribution in [2.24, 2.45) is 0 Å². The van der Waals surface area contributed by atoms with Crippen molar-refractivity contribution in [3.8, 4) is 22.8 Å². The summed E-state index contributed by atoms with van der Waals surface area (Å²) in [6, 6.07) is 14.2. The van der Waals surface area contributed by atoms with Gasteiger partial charge in [0.15, 0.2) is 11.5 Å². The Kier molecular flexibility index (Phi) is 6.10. The molecule has 0 N–H and O–H groups in total. The second kappa shape index (κ2) is 9.65. The molecule has 7 heteroatoms. The highest BCUT2D eigenvalue weighted by molar-refractivity contribution is 5.62. The lowest BCUT2D eigenvalue weighted by Gasteiger charge is -2.23. The number of hydrogen-bond acceptors (Lipinski definition) is 6. The molecule has 168 valence electrons. The Balaban J connectivity index is 1.34. The lowest BCUT2D eigenvalue weighted by Crippen LogP contribution is -2.26. The molecular weight excluding hydrogens is 421 g/mol. The lowest BCUT2D eigenvalue weighted by molar-refractivity contribution is 0.174. The van der Waals surface area contributed by atoms with Gasteiger partial charge in [0.25, 0.3) is 0 Å². The second-order valence-electron chi connectivity index (χ2n) is 7.83. The van der Waals surface area contributed by atoms with Crippen molar-refractivity contribution in [3.63, 3.8) is 0 Å². The van der Waals surface area contributed by atoms with Gasteiger partial charge in [0, 0.05) is 43.7 Å². The van der Waals surface area contributed by atoms with Crippen LogP contribution in [-0.2, 0) is 6.54 Å². The molecule has 2 aliphatic rings. The lowest BCUT2D eigenvalue weighted by atomic mass is 10.1. The quantitative estimate of drug-likeness (QED) is 0.456. The number of rotatable bonds is 8. The Morgan fingerprint density at radius 1 is 0.939 bits per heavy atom. The first-order valence-corrected chi connectivity index (χ1v) is 10.9. The summed E-state index contributed by atoms with van der Waals surface area (Å²) in [6.45, 7) is 2.46. The summed E-state index contributed by atoms with van der Waals surface area (Å²) >= 11 is 0. The first-order valence-electron chi connectivity index (χ1n) is 10.9. The Bertz CT molecular complexity index is 1180. The van der Waals surface area contributed by atoms with Crippen molar-refractivity contribution in [1.29, 1.82) is 0 Å². The van der Waals surface area contributed by atoms with E-state index < -0.39 is 0 Å². The molecule has 2 aromatic carbocycles. The second-order valence-corrected chi connectivity index (χ2v) is 7.83. The predicted octanol–water partition coefficient (Wildman–Crippen LogP) is 5.51. The first kappa shape index (κ1) is 20.9. The van der Waals surface area contributed by atoms with Crippen LogP contribution in [0.25, 0.3) is 11.3 Å². The summed E-state index contributed by atoms with van der Waals surface area (Å²) < 4.78 is 30.3. The molecule has 0 atom stereocenters. The van der Waals surface area contributed by atoms with E-state index in [4.69, 9.17) is 14.0 Å². The van der Waals surface area contributed by atoms with Crippen LogP contribution in [0.2, 0.25) is 0 Å². The van der Waals surface area contributed by atoms with Gasteiger partial charge in [0.1, 0.15) is 11.5 Å². The fourth-order valence-corrected chi connectivity index (χ4v) is 3.82. The molecule has 3 heterocycles. The Hall–Kier alpha value is -4.00. The number of anilines is 1. The van der Waals surface area contributed by atoms with E-state index in [0.717, 1.165) is 36.6 Å². The zero-order valence-corrected chi connectivity index (χ0v) is 18.1. The summed E-state index contributed by atoms with van der Waals surface area (Å²) in [4.78, 5) is 4.29. The highest BCUT2D eigenvalue weighted by atomic mass is 19.1. The van der Waals surface area contributed by atoms with Gasteiger partial charge in [-0.3, -0.25) is 0 Å². The SMILES string of the molecule is Fc1cccc(-c2cc(N(CCCN3C=CC=CC=C3)Cc3ccc4c(c3)OCO4)on2)c1. The monoisotopic (exact) mass is 445 g/mol. The van der Waals surface area contributed by atoms with E-state index in [-0.39, 0.29) is 12.6 Å². The van der Waals surface area contributed by atoms with Crippen molar-refractivity contribution in [3.05, 3.63) is 96.6 Å². The van der Waals surface area contributed by atoms with Gasteiger partial charge in [0.2, 0.25) is 12.7 Å². The normalized spacial score (nSPS) is 14.0. The predicted molar refractivity (Wildman–Crippen MR) is 124 cm³/mol. The van der Waals surface area contributed by atoms with E-state index in [1.54, 1.807) is 6.07 Å². The Morgan fingerprint density at radius 2 is 1.79 bits per heavy atom. The fourth-order valence-electron chi connectivity index (χ4n) is 3.82. The van der Waals surface area contributed by atoms with E-state index in [1.807, 2.05) is 54.6 Å². The van der Waals surface area contributed by atoms with Gasteiger partial charge in [-0.1, -0.05) is 35.5 Å². The molecule has 0 saturated heterocycles. The maximum Gasteiger partial charge on any atom is 0.231 e. The molecule has 2 aliphatic heterocycles. The molecule has 0 radical (unpaired) electrons. The number of halogens is 1. The maximum atomic E-state index is 13.7. The third-order valence-electron chi connectivity index (χ3n) is 5.47. The first-order chi connectivity index (χ1) is 16.2. The van der Waals surface area contributed by atoms with Gasteiger partial charge in [-0.15, -0.1) is 0 Å². The highest BCUT2D eigenvalue weighted by Crippen LogP contribution is 2.33. The van der Waals surface area contributed by atoms with Crippen LogP contribution in [0.4, 0.5) is 10.3 Å². The molecule has 0 spiro atoms. The molecule has 0 aliphatic carbocycles. The molecule has 3 aromatic rings. The third kappa shape index (κ3) is 5.09. The molecule has 6 nitrogen and oxygen atoms in total. The van der Waals surface area contributed by atoms with Crippen molar-refractivity contribution in [2.75, 3.05) is 24.8 Å². The van der Waals surface area contributed by atoms with Crippen LogP contribution in [0.5, 0.6) is 11.5 Å². The average Bonchev–Trinajstić information content (AvgIpc) is 3.43. The van der Waals surface area contributed by atoms with Crippen molar-refractivity contribution in [1.82, 2.24) is 10.1 Å². The van der Waals surface area contributed by atoms with Crippen LogP contribution in [0.1, 0.15) is 12.0 Å². The van der Waals surface area contributed by atoms with Crippen LogP contribution in [0.3, 0.4) is 0 Å². The third-order valence-corrected chi connectivity index (χ3v) is 5.47. The molecule has 0 saturated carbocycles. The number of benzene rings is 2. The van der Waals surface area contributed by atoms with Crippen LogP contribution in [-0.4, -0.2) is 29.9 Å². The van der Waals surface area contributed by atoms with E-state index in [9.17, 15) is 4.39 Å². The average molecular weight is 445 g/mol. The number of nitrogens with zero attached hydrogens (tertiary/aromatic N) is 3. The summed E-state index contributed by atoms with van der Waals surface area (Å²) in [6.07, 6.45) is 13.1. The number of fused-ring (bicyclic) bond motifs is 1. The van der Waals surface area contributed by atoms with Gasteiger partial charge < -0.3 is 23.8 Å². The van der Waals surface area contributed by atoms with E-state index >= 15 is 0 Å². The van der Waals surface area contributed by atoms with Crippen molar-refractivity contribution < 1.29 is 18.4 Å². The molecule has 0 bridgehead atoms. The largest absolute Gasteiger partial charge is 0.454 e. The number of allylic oxidation sites excluding steroid dienone is 4. The molecule has 0 amide bonds. The maximum absolute atomic E-state index is 13.7. The van der Waals surface area contributed by atoms with Crippen LogP contribution in [0.15, 0.2) is 89.8 Å². The number of ether oxygens (including phenoxy) is 2. The molecular formula is C26H24FN3O3. The minimum atomic E-state index is -0.303. The van der Waals surface area contributed by atoms with Crippen LogP contribution < -0.4 is 14.4 Å². The Labute approximate surface area is 191 Å². The topological polar surface area (TPSA) is 51.0 Å². The number of hydrogen-bond donors (Lipinski definition) is 0. The Morgan fingerprint density at radius 3 is 2.64 bits per heavy atom. The van der Waals surface area contributed by atoms with Gasteiger partial charge in [0.05, 0.1) is 0 Å². The van der Waals surface area contributed by atoms with Crippen LogP contribution >= 0.6 is 0 Å². The summed E-state index contributed by atoms with van der Waals surface area (Å²) in [5.74, 6) is 1.84. The van der Waals surface area contributed by atoms with Crippen LogP contribution in [0, 0.1) is 5.82 Å². The molecule has 33 heavy (non-hydrogen) atoms. The van der Waals surface area contributed by atoms with E-state index in [0.29, 0.717) is 23.7 Å². The number of aromatic nitrogens is 1. The zero-order valence-electron chi connectivity index (χ0n) is 18.1. The standard InChI is InChI=1S/C26H24FN3O3/c27-22-8-5-7-21(16-22)23-17-26(33-28-23)30(14-6-13-29-11-3-1-2-4-12-29)18-20-9-10-24-25(15-20)32-19-31-24/h1-5,7-12,15-17H,6,13-14,18-19H2.